The Morgan fingerprint density at radius 1 is 1.40 bits per heavy atom. The monoisotopic (exact) mass is 211 g/mol. The van der Waals surface area contributed by atoms with Crippen LogP contribution in [-0.2, 0) is 6.42 Å². The minimum Gasteiger partial charge on any atom is -0.494 e. The summed E-state index contributed by atoms with van der Waals surface area (Å²) in [4.78, 5) is 0. The summed E-state index contributed by atoms with van der Waals surface area (Å²) in [6.07, 6.45) is 1.43. The van der Waals surface area contributed by atoms with Crippen molar-refractivity contribution < 1.29 is 9.13 Å². The smallest absolute Gasteiger partial charge is 0.130 e. The van der Waals surface area contributed by atoms with Gasteiger partial charge in [0.15, 0.2) is 0 Å². The van der Waals surface area contributed by atoms with Crippen LogP contribution in [0.25, 0.3) is 0 Å². The van der Waals surface area contributed by atoms with Crippen LogP contribution in [-0.4, -0.2) is 12.6 Å². The summed E-state index contributed by atoms with van der Waals surface area (Å²) in [6.45, 7) is 4.42. The Morgan fingerprint density at radius 3 is 2.67 bits per heavy atom. The van der Waals surface area contributed by atoms with E-state index in [2.05, 4.69) is 0 Å². The number of halogens is 1. The van der Waals surface area contributed by atoms with Gasteiger partial charge in [0.25, 0.3) is 0 Å². The van der Waals surface area contributed by atoms with Gasteiger partial charge in [-0.2, -0.15) is 0 Å². The number of hydrogen-bond acceptors (Lipinski definition) is 2. The molecule has 0 aliphatic rings. The molecule has 1 unspecified atom stereocenters. The lowest BCUT2D eigenvalue weighted by molar-refractivity contribution is 0.338. The van der Waals surface area contributed by atoms with Gasteiger partial charge in [-0.1, -0.05) is 13.0 Å². The molecule has 2 N–H and O–H groups in total. The number of nitrogens with two attached hydrogens (primary N) is 1. The highest BCUT2D eigenvalue weighted by molar-refractivity contribution is 5.29. The highest BCUT2D eigenvalue weighted by Gasteiger charge is 2.07. The molecule has 1 aromatic rings. The van der Waals surface area contributed by atoms with Gasteiger partial charge < -0.3 is 10.5 Å². The topological polar surface area (TPSA) is 35.2 Å². The molecule has 0 bridgehead atoms. The molecule has 0 heterocycles. The van der Waals surface area contributed by atoms with Crippen molar-refractivity contribution in [3.8, 4) is 5.75 Å². The molecule has 15 heavy (non-hydrogen) atoms. The maximum atomic E-state index is 13.5. The van der Waals surface area contributed by atoms with Crippen LogP contribution in [0.15, 0.2) is 18.2 Å². The van der Waals surface area contributed by atoms with E-state index in [4.69, 9.17) is 10.5 Å². The molecule has 2 nitrogen and oxygen atoms in total. The van der Waals surface area contributed by atoms with E-state index in [1.807, 2.05) is 13.8 Å². The maximum Gasteiger partial charge on any atom is 0.130 e. The van der Waals surface area contributed by atoms with Crippen LogP contribution >= 0.6 is 0 Å². The third kappa shape index (κ3) is 3.51. The van der Waals surface area contributed by atoms with E-state index in [0.29, 0.717) is 24.3 Å². The van der Waals surface area contributed by atoms with Crippen LogP contribution in [0.3, 0.4) is 0 Å². The summed E-state index contributed by atoms with van der Waals surface area (Å²) in [6, 6.07) is 4.97. The van der Waals surface area contributed by atoms with Gasteiger partial charge in [-0.05, 0) is 31.4 Å². The first-order valence-corrected chi connectivity index (χ1v) is 5.34. The van der Waals surface area contributed by atoms with Gasteiger partial charge in [-0.25, -0.2) is 4.39 Å². The minimum absolute atomic E-state index is 0.0254. The van der Waals surface area contributed by atoms with Crippen molar-refractivity contribution >= 4 is 0 Å². The number of ether oxygens (including phenoxy) is 1. The predicted octanol–water partition coefficient (Wildman–Crippen LogP) is 2.50. The zero-order valence-electron chi connectivity index (χ0n) is 9.29. The Kier molecular flexibility index (Phi) is 4.56. The van der Waals surface area contributed by atoms with Gasteiger partial charge >= 0.3 is 0 Å². The van der Waals surface area contributed by atoms with Crippen molar-refractivity contribution in [3.05, 3.63) is 29.6 Å². The number of hydrogen-bond donors (Lipinski definition) is 1. The highest BCUT2D eigenvalue weighted by atomic mass is 19.1. The first-order chi connectivity index (χ1) is 7.17. The second-order valence-electron chi connectivity index (χ2n) is 3.56. The molecular weight excluding hydrogens is 193 g/mol. The van der Waals surface area contributed by atoms with Crippen molar-refractivity contribution in [1.29, 1.82) is 0 Å². The molecule has 0 aliphatic carbocycles. The van der Waals surface area contributed by atoms with Crippen molar-refractivity contribution in [1.82, 2.24) is 0 Å². The summed E-state index contributed by atoms with van der Waals surface area (Å²) in [5, 5.41) is 0. The highest BCUT2D eigenvalue weighted by Crippen LogP contribution is 2.18. The standard InChI is InChI=1S/C12H18FNO/c1-3-10(14)7-9-5-6-11(15-4-2)8-12(9)13/h5-6,8,10H,3-4,7,14H2,1-2H3. The third-order valence-corrected chi connectivity index (χ3v) is 2.34. The number of benzene rings is 1. The van der Waals surface area contributed by atoms with Gasteiger partial charge in [0.2, 0.25) is 0 Å². The molecule has 0 saturated heterocycles. The summed E-state index contributed by atoms with van der Waals surface area (Å²) >= 11 is 0. The Balaban J connectivity index is 2.74. The van der Waals surface area contributed by atoms with E-state index in [0.717, 1.165) is 6.42 Å². The van der Waals surface area contributed by atoms with Crippen LogP contribution in [0.1, 0.15) is 25.8 Å². The van der Waals surface area contributed by atoms with Crippen molar-refractivity contribution in [2.75, 3.05) is 6.61 Å². The fourth-order valence-electron chi connectivity index (χ4n) is 1.38. The van der Waals surface area contributed by atoms with Crippen LogP contribution in [0.2, 0.25) is 0 Å². The molecular formula is C12H18FNO. The predicted molar refractivity (Wildman–Crippen MR) is 59.5 cm³/mol. The lowest BCUT2D eigenvalue weighted by atomic mass is 10.0. The van der Waals surface area contributed by atoms with Crippen LogP contribution in [0, 0.1) is 5.82 Å². The van der Waals surface area contributed by atoms with E-state index in [-0.39, 0.29) is 11.9 Å². The lowest BCUT2D eigenvalue weighted by Gasteiger charge is -2.10. The SMILES string of the molecule is CCOc1ccc(CC(N)CC)c(F)c1. The molecule has 0 fully saturated rings. The normalized spacial score (nSPS) is 12.5. The minimum atomic E-state index is -0.232. The Hall–Kier alpha value is -1.09. The van der Waals surface area contributed by atoms with Crippen LogP contribution < -0.4 is 10.5 Å². The first-order valence-electron chi connectivity index (χ1n) is 5.34. The van der Waals surface area contributed by atoms with E-state index < -0.39 is 0 Å². The second kappa shape index (κ2) is 5.71. The molecule has 0 spiro atoms. The second-order valence-corrected chi connectivity index (χ2v) is 3.56. The zero-order valence-corrected chi connectivity index (χ0v) is 9.29. The first kappa shape index (κ1) is 12.0. The number of rotatable bonds is 5. The van der Waals surface area contributed by atoms with Crippen LogP contribution in [0.5, 0.6) is 5.75 Å². The Bertz CT molecular complexity index is 314. The van der Waals surface area contributed by atoms with E-state index in [1.165, 1.54) is 6.07 Å². The summed E-state index contributed by atoms with van der Waals surface area (Å²) < 4.78 is 18.7. The quantitative estimate of drug-likeness (QED) is 0.812. The maximum absolute atomic E-state index is 13.5. The fraction of sp³-hybridized carbons (Fsp3) is 0.500. The molecule has 1 aromatic carbocycles. The van der Waals surface area contributed by atoms with Crippen molar-refractivity contribution in [3.63, 3.8) is 0 Å². The molecule has 3 heteroatoms. The molecule has 0 amide bonds. The molecule has 0 aliphatic heterocycles. The Labute approximate surface area is 90.2 Å². The average molecular weight is 211 g/mol. The molecule has 1 atom stereocenters. The zero-order chi connectivity index (χ0) is 11.3. The van der Waals surface area contributed by atoms with E-state index >= 15 is 0 Å². The van der Waals surface area contributed by atoms with Gasteiger partial charge in [0.1, 0.15) is 11.6 Å². The molecule has 0 saturated carbocycles. The van der Waals surface area contributed by atoms with Gasteiger partial charge in [0, 0.05) is 12.1 Å². The Morgan fingerprint density at radius 2 is 2.13 bits per heavy atom. The van der Waals surface area contributed by atoms with Gasteiger partial charge in [-0.15, -0.1) is 0 Å². The average Bonchev–Trinajstić information content (AvgIpc) is 2.22. The van der Waals surface area contributed by atoms with Crippen LogP contribution in [0.4, 0.5) is 4.39 Å². The molecule has 0 radical (unpaired) electrons. The molecule has 0 aromatic heterocycles. The van der Waals surface area contributed by atoms with E-state index in [1.54, 1.807) is 12.1 Å². The summed E-state index contributed by atoms with van der Waals surface area (Å²) in [5.41, 5.74) is 6.43. The van der Waals surface area contributed by atoms with Gasteiger partial charge in [-0.3, -0.25) is 0 Å². The van der Waals surface area contributed by atoms with Crippen molar-refractivity contribution in [2.24, 2.45) is 5.73 Å². The fourth-order valence-corrected chi connectivity index (χ4v) is 1.38. The third-order valence-electron chi connectivity index (χ3n) is 2.34. The molecule has 84 valence electrons. The summed E-state index contributed by atoms with van der Waals surface area (Å²) in [7, 11) is 0. The van der Waals surface area contributed by atoms with E-state index in [9.17, 15) is 4.39 Å². The largest absolute Gasteiger partial charge is 0.494 e. The molecule has 1 rings (SSSR count). The van der Waals surface area contributed by atoms with Gasteiger partial charge in [0.05, 0.1) is 6.61 Å². The van der Waals surface area contributed by atoms with Crippen molar-refractivity contribution in [2.45, 2.75) is 32.7 Å². The lowest BCUT2D eigenvalue weighted by Crippen LogP contribution is -2.21. The summed E-state index contributed by atoms with van der Waals surface area (Å²) in [5.74, 6) is 0.341.